The van der Waals surface area contributed by atoms with Gasteiger partial charge >= 0.3 is 0 Å². The molecular weight excluding hydrogens is 288 g/mol. The van der Waals surface area contributed by atoms with Crippen molar-refractivity contribution in [2.24, 2.45) is 5.92 Å². The minimum atomic E-state index is -0.175. The fourth-order valence-corrected chi connectivity index (χ4v) is 2.56. The van der Waals surface area contributed by atoms with Gasteiger partial charge in [-0.2, -0.15) is 5.10 Å². The Morgan fingerprint density at radius 1 is 1.33 bits per heavy atom. The van der Waals surface area contributed by atoms with Gasteiger partial charge in [0.1, 0.15) is 0 Å². The monoisotopic (exact) mass is 308 g/mol. The maximum Gasteiger partial charge on any atom is 0.254 e. The molecule has 6 heteroatoms. The first-order chi connectivity index (χ1) is 10.1. The molecule has 0 fully saturated rings. The summed E-state index contributed by atoms with van der Waals surface area (Å²) < 4.78 is 1.76. The van der Waals surface area contributed by atoms with E-state index in [-0.39, 0.29) is 5.91 Å². The van der Waals surface area contributed by atoms with Gasteiger partial charge in [0.25, 0.3) is 5.91 Å². The summed E-state index contributed by atoms with van der Waals surface area (Å²) in [6.45, 7) is 7.61. The van der Waals surface area contributed by atoms with Gasteiger partial charge in [-0.25, -0.2) is 9.67 Å². The smallest absolute Gasteiger partial charge is 0.254 e. The number of nitrogens with zero attached hydrogens (tertiary/aromatic N) is 3. The number of nitrogens with one attached hydrogen (secondary N) is 1. The molecule has 1 amide bonds. The summed E-state index contributed by atoms with van der Waals surface area (Å²) in [6.07, 6.45) is 5.28. The molecule has 2 aromatic heterocycles. The minimum absolute atomic E-state index is 0.175. The SMILES string of the molecule is CCC(CC)CNC(=O)c1cnc2c(cnn2CC)c1Cl. The Bertz CT molecular complexity index is 634. The third-order valence-electron chi connectivity index (χ3n) is 3.85. The number of rotatable bonds is 6. The minimum Gasteiger partial charge on any atom is -0.352 e. The number of aromatic nitrogens is 3. The molecule has 0 aliphatic carbocycles. The largest absolute Gasteiger partial charge is 0.352 e. The molecule has 0 aromatic carbocycles. The Hall–Kier alpha value is -1.62. The fourth-order valence-electron chi connectivity index (χ4n) is 2.30. The van der Waals surface area contributed by atoms with Gasteiger partial charge in [0.2, 0.25) is 0 Å². The normalized spacial score (nSPS) is 11.3. The molecule has 1 N–H and O–H groups in total. The first kappa shape index (κ1) is 15.8. The number of carbonyl (C=O) groups excluding carboxylic acids is 1. The number of amides is 1. The fraction of sp³-hybridized carbons (Fsp3) is 0.533. The lowest BCUT2D eigenvalue weighted by Gasteiger charge is -2.13. The van der Waals surface area contributed by atoms with Crippen molar-refractivity contribution in [3.8, 4) is 0 Å². The van der Waals surface area contributed by atoms with Crippen molar-refractivity contribution in [3.63, 3.8) is 0 Å². The first-order valence-electron chi connectivity index (χ1n) is 7.40. The number of halogens is 1. The van der Waals surface area contributed by atoms with Crippen LogP contribution >= 0.6 is 11.6 Å². The van der Waals surface area contributed by atoms with Gasteiger partial charge < -0.3 is 5.32 Å². The summed E-state index contributed by atoms with van der Waals surface area (Å²) in [5, 5.41) is 8.29. The molecule has 0 aliphatic rings. The maximum absolute atomic E-state index is 12.3. The molecule has 2 rings (SSSR count). The van der Waals surface area contributed by atoms with Crippen LogP contribution in [0.4, 0.5) is 0 Å². The van der Waals surface area contributed by atoms with Gasteiger partial charge in [0, 0.05) is 19.3 Å². The standard InChI is InChI=1S/C15H21ClN4O/c1-4-10(5-2)7-18-15(21)12-8-17-14-11(13(12)16)9-19-20(14)6-3/h8-10H,4-7H2,1-3H3,(H,18,21). The van der Waals surface area contributed by atoms with E-state index in [1.165, 1.54) is 6.20 Å². The van der Waals surface area contributed by atoms with Crippen molar-refractivity contribution in [3.05, 3.63) is 23.0 Å². The van der Waals surface area contributed by atoms with Crippen molar-refractivity contribution in [1.82, 2.24) is 20.1 Å². The Labute approximate surface area is 129 Å². The van der Waals surface area contributed by atoms with Crippen LogP contribution in [0.2, 0.25) is 5.02 Å². The van der Waals surface area contributed by atoms with Gasteiger partial charge in [0.05, 0.1) is 22.2 Å². The molecule has 5 nitrogen and oxygen atoms in total. The van der Waals surface area contributed by atoms with Crippen LogP contribution in [-0.4, -0.2) is 27.2 Å². The third-order valence-corrected chi connectivity index (χ3v) is 4.26. The van der Waals surface area contributed by atoms with Crippen LogP contribution in [0.15, 0.2) is 12.4 Å². The average molecular weight is 309 g/mol. The molecule has 0 aliphatic heterocycles. The van der Waals surface area contributed by atoms with Crippen LogP contribution in [0.25, 0.3) is 11.0 Å². The zero-order chi connectivity index (χ0) is 15.4. The molecule has 114 valence electrons. The zero-order valence-corrected chi connectivity index (χ0v) is 13.4. The molecule has 0 unspecified atom stereocenters. The van der Waals surface area contributed by atoms with Gasteiger partial charge in [-0.05, 0) is 12.8 Å². The van der Waals surface area contributed by atoms with E-state index in [9.17, 15) is 4.79 Å². The molecule has 0 saturated carbocycles. The number of hydrogen-bond acceptors (Lipinski definition) is 3. The molecule has 21 heavy (non-hydrogen) atoms. The summed E-state index contributed by atoms with van der Waals surface area (Å²) in [6, 6.07) is 0. The van der Waals surface area contributed by atoms with E-state index in [0.717, 1.165) is 12.8 Å². The van der Waals surface area contributed by atoms with Crippen molar-refractivity contribution in [2.75, 3.05) is 6.54 Å². The van der Waals surface area contributed by atoms with Crippen molar-refractivity contribution in [2.45, 2.75) is 40.2 Å². The summed E-state index contributed by atoms with van der Waals surface area (Å²) >= 11 is 6.34. The maximum atomic E-state index is 12.3. The van der Waals surface area contributed by atoms with E-state index in [0.29, 0.717) is 40.6 Å². The lowest BCUT2D eigenvalue weighted by Crippen LogP contribution is -2.29. The predicted molar refractivity (Wildman–Crippen MR) is 84.6 cm³/mol. The van der Waals surface area contributed by atoms with Crippen molar-refractivity contribution in [1.29, 1.82) is 0 Å². The van der Waals surface area contributed by atoms with E-state index >= 15 is 0 Å². The Morgan fingerprint density at radius 3 is 2.67 bits per heavy atom. The molecule has 0 saturated heterocycles. The van der Waals surface area contributed by atoms with Crippen LogP contribution in [0, 0.1) is 5.92 Å². The highest BCUT2D eigenvalue weighted by atomic mass is 35.5. The third kappa shape index (κ3) is 3.18. The first-order valence-corrected chi connectivity index (χ1v) is 7.78. The highest BCUT2D eigenvalue weighted by molar-refractivity contribution is 6.38. The van der Waals surface area contributed by atoms with Crippen LogP contribution < -0.4 is 5.32 Å². The zero-order valence-electron chi connectivity index (χ0n) is 12.7. The van der Waals surface area contributed by atoms with E-state index in [1.807, 2.05) is 6.92 Å². The molecule has 2 aromatic rings. The summed E-state index contributed by atoms with van der Waals surface area (Å²) in [5.41, 5.74) is 1.12. The van der Waals surface area contributed by atoms with E-state index in [1.54, 1.807) is 10.9 Å². The molecule has 2 heterocycles. The van der Waals surface area contributed by atoms with Gasteiger partial charge in [0.15, 0.2) is 5.65 Å². The van der Waals surface area contributed by atoms with E-state index < -0.39 is 0 Å². The summed E-state index contributed by atoms with van der Waals surface area (Å²) in [4.78, 5) is 16.6. The summed E-state index contributed by atoms with van der Waals surface area (Å²) in [5.74, 6) is 0.317. The number of fused-ring (bicyclic) bond motifs is 1. The molecule has 0 radical (unpaired) electrons. The Morgan fingerprint density at radius 2 is 2.05 bits per heavy atom. The Balaban J connectivity index is 2.22. The second-order valence-electron chi connectivity index (χ2n) is 5.08. The summed E-state index contributed by atoms with van der Waals surface area (Å²) in [7, 11) is 0. The van der Waals surface area contributed by atoms with Crippen LogP contribution in [0.1, 0.15) is 44.0 Å². The second kappa shape index (κ2) is 6.89. The van der Waals surface area contributed by atoms with Gasteiger partial charge in [-0.1, -0.05) is 38.3 Å². The number of pyridine rings is 1. The van der Waals surface area contributed by atoms with Crippen molar-refractivity contribution >= 4 is 28.5 Å². The lowest BCUT2D eigenvalue weighted by atomic mass is 10.0. The Kier molecular flexibility index (Phi) is 5.17. The van der Waals surface area contributed by atoms with Crippen molar-refractivity contribution < 1.29 is 4.79 Å². The number of hydrogen-bond donors (Lipinski definition) is 1. The van der Waals surface area contributed by atoms with E-state index in [2.05, 4.69) is 29.2 Å². The van der Waals surface area contributed by atoms with Crippen LogP contribution in [-0.2, 0) is 6.54 Å². The highest BCUT2D eigenvalue weighted by Gasteiger charge is 2.17. The van der Waals surface area contributed by atoms with Crippen LogP contribution in [0.5, 0.6) is 0 Å². The molecule has 0 spiro atoms. The van der Waals surface area contributed by atoms with Gasteiger partial charge in [-0.3, -0.25) is 4.79 Å². The average Bonchev–Trinajstić information content (AvgIpc) is 2.92. The quantitative estimate of drug-likeness (QED) is 0.891. The second-order valence-corrected chi connectivity index (χ2v) is 5.45. The molecular formula is C15H21ClN4O. The van der Waals surface area contributed by atoms with Crippen LogP contribution in [0.3, 0.4) is 0 Å². The molecule has 0 bridgehead atoms. The van der Waals surface area contributed by atoms with Gasteiger partial charge in [-0.15, -0.1) is 0 Å². The topological polar surface area (TPSA) is 59.8 Å². The highest BCUT2D eigenvalue weighted by Crippen LogP contribution is 2.25. The molecule has 0 atom stereocenters. The predicted octanol–water partition coefficient (Wildman–Crippen LogP) is 3.27. The lowest BCUT2D eigenvalue weighted by molar-refractivity contribution is 0.0946. The van der Waals surface area contributed by atoms with E-state index in [4.69, 9.17) is 11.6 Å². The number of carbonyl (C=O) groups is 1. The number of aryl methyl sites for hydroxylation is 1.